The van der Waals surface area contributed by atoms with E-state index in [1.54, 1.807) is 6.07 Å². The number of aryl methyl sites for hydroxylation is 2. The summed E-state index contributed by atoms with van der Waals surface area (Å²) in [6, 6.07) is 7.74. The van der Waals surface area contributed by atoms with Crippen LogP contribution in [-0.4, -0.2) is 5.16 Å². The van der Waals surface area contributed by atoms with Crippen molar-refractivity contribution in [1.29, 1.82) is 5.26 Å². The Morgan fingerprint density at radius 1 is 1.37 bits per heavy atom. The quantitative estimate of drug-likeness (QED) is 0.925. The van der Waals surface area contributed by atoms with Gasteiger partial charge in [0.25, 0.3) is 0 Å². The fourth-order valence-corrected chi connectivity index (χ4v) is 2.66. The van der Waals surface area contributed by atoms with Crippen molar-refractivity contribution < 1.29 is 4.52 Å². The highest BCUT2D eigenvalue weighted by molar-refractivity contribution is 9.10. The van der Waals surface area contributed by atoms with E-state index >= 15 is 0 Å². The van der Waals surface area contributed by atoms with Gasteiger partial charge in [-0.3, -0.25) is 0 Å². The molecule has 1 unspecified atom stereocenters. The number of halogens is 1. The number of aromatic nitrogens is 1. The van der Waals surface area contributed by atoms with Gasteiger partial charge in [0.05, 0.1) is 23.4 Å². The molecule has 5 heteroatoms. The average Bonchev–Trinajstić information content (AvgIpc) is 2.68. The van der Waals surface area contributed by atoms with Crippen molar-refractivity contribution in [3.63, 3.8) is 0 Å². The van der Waals surface area contributed by atoms with Crippen molar-refractivity contribution >= 4 is 21.6 Å². The second-order valence-electron chi connectivity index (χ2n) is 4.44. The van der Waals surface area contributed by atoms with E-state index in [1.807, 2.05) is 32.9 Å². The molecule has 0 saturated heterocycles. The molecule has 0 radical (unpaired) electrons. The van der Waals surface area contributed by atoms with Crippen molar-refractivity contribution in [2.45, 2.75) is 26.8 Å². The fraction of sp³-hybridized carbons (Fsp3) is 0.286. The van der Waals surface area contributed by atoms with E-state index in [0.717, 1.165) is 27.2 Å². The minimum atomic E-state index is 0.0621. The van der Waals surface area contributed by atoms with Crippen molar-refractivity contribution in [2.75, 3.05) is 5.32 Å². The highest BCUT2D eigenvalue weighted by Gasteiger charge is 2.16. The van der Waals surface area contributed by atoms with E-state index in [0.29, 0.717) is 5.56 Å². The Hall–Kier alpha value is -1.80. The zero-order chi connectivity index (χ0) is 14.0. The SMILES string of the molecule is Cc1noc(C)c1C(C)Nc1cc(Br)cc(C#N)c1. The molecule has 0 saturated carbocycles. The lowest BCUT2D eigenvalue weighted by atomic mass is 10.1. The van der Waals surface area contributed by atoms with E-state index < -0.39 is 0 Å². The Labute approximate surface area is 120 Å². The Balaban J connectivity index is 2.27. The molecule has 0 fully saturated rings. The molecule has 0 aliphatic heterocycles. The summed E-state index contributed by atoms with van der Waals surface area (Å²) < 4.78 is 6.05. The van der Waals surface area contributed by atoms with Gasteiger partial charge in [-0.15, -0.1) is 0 Å². The average molecular weight is 320 g/mol. The number of hydrogen-bond acceptors (Lipinski definition) is 4. The number of benzene rings is 1. The summed E-state index contributed by atoms with van der Waals surface area (Å²) in [4.78, 5) is 0. The van der Waals surface area contributed by atoms with Gasteiger partial charge in [-0.1, -0.05) is 21.1 Å². The second-order valence-corrected chi connectivity index (χ2v) is 5.36. The van der Waals surface area contributed by atoms with Crippen LogP contribution in [0, 0.1) is 25.2 Å². The number of rotatable bonds is 3. The van der Waals surface area contributed by atoms with Crippen molar-refractivity contribution in [3.05, 3.63) is 45.3 Å². The molecule has 2 rings (SSSR count). The minimum Gasteiger partial charge on any atom is -0.378 e. The lowest BCUT2D eigenvalue weighted by Crippen LogP contribution is -2.08. The smallest absolute Gasteiger partial charge is 0.139 e. The van der Waals surface area contributed by atoms with Crippen LogP contribution in [-0.2, 0) is 0 Å². The van der Waals surface area contributed by atoms with Crippen molar-refractivity contribution in [3.8, 4) is 6.07 Å². The van der Waals surface area contributed by atoms with Gasteiger partial charge in [0.2, 0.25) is 0 Å². The fourth-order valence-electron chi connectivity index (χ4n) is 2.17. The van der Waals surface area contributed by atoms with Crippen LogP contribution >= 0.6 is 15.9 Å². The van der Waals surface area contributed by atoms with Crippen LogP contribution in [0.5, 0.6) is 0 Å². The lowest BCUT2D eigenvalue weighted by Gasteiger charge is -2.15. The summed E-state index contributed by atoms with van der Waals surface area (Å²) in [5, 5.41) is 16.3. The molecular weight excluding hydrogens is 306 g/mol. The number of nitriles is 1. The first-order valence-corrected chi connectivity index (χ1v) is 6.70. The monoisotopic (exact) mass is 319 g/mol. The third-order valence-corrected chi connectivity index (χ3v) is 3.39. The molecule has 1 N–H and O–H groups in total. The molecule has 1 aromatic carbocycles. The number of hydrogen-bond donors (Lipinski definition) is 1. The van der Waals surface area contributed by atoms with Crippen molar-refractivity contribution in [2.24, 2.45) is 0 Å². The number of anilines is 1. The summed E-state index contributed by atoms with van der Waals surface area (Å²) >= 11 is 3.40. The van der Waals surface area contributed by atoms with Gasteiger partial charge in [0, 0.05) is 15.7 Å². The van der Waals surface area contributed by atoms with Gasteiger partial charge in [-0.2, -0.15) is 5.26 Å². The standard InChI is InChI=1S/C14H14BrN3O/c1-8(14-9(2)18-19-10(14)3)17-13-5-11(7-16)4-12(15)6-13/h4-6,8,17H,1-3H3. The molecule has 19 heavy (non-hydrogen) atoms. The van der Waals surface area contributed by atoms with Gasteiger partial charge in [0.1, 0.15) is 5.76 Å². The second kappa shape index (κ2) is 5.45. The number of nitrogens with zero attached hydrogens (tertiary/aromatic N) is 2. The van der Waals surface area contributed by atoms with Crippen LogP contribution in [0.3, 0.4) is 0 Å². The summed E-state index contributed by atoms with van der Waals surface area (Å²) in [5.41, 5.74) is 3.44. The molecule has 4 nitrogen and oxygen atoms in total. The third kappa shape index (κ3) is 2.96. The van der Waals surface area contributed by atoms with Crippen LogP contribution < -0.4 is 5.32 Å². The molecule has 1 aromatic heterocycles. The minimum absolute atomic E-state index is 0.0621. The maximum Gasteiger partial charge on any atom is 0.139 e. The van der Waals surface area contributed by atoms with E-state index in [4.69, 9.17) is 9.78 Å². The predicted octanol–water partition coefficient (Wildman–Crippen LogP) is 4.10. The summed E-state index contributed by atoms with van der Waals surface area (Å²) in [6.45, 7) is 5.86. The Kier molecular flexibility index (Phi) is 3.91. The van der Waals surface area contributed by atoms with E-state index in [2.05, 4.69) is 32.5 Å². The third-order valence-electron chi connectivity index (χ3n) is 2.93. The molecule has 2 aromatic rings. The van der Waals surface area contributed by atoms with E-state index in [9.17, 15) is 0 Å². The first-order chi connectivity index (χ1) is 9.01. The topological polar surface area (TPSA) is 61.9 Å². The van der Waals surface area contributed by atoms with E-state index in [-0.39, 0.29) is 6.04 Å². The highest BCUT2D eigenvalue weighted by atomic mass is 79.9. The molecule has 0 bridgehead atoms. The lowest BCUT2D eigenvalue weighted by molar-refractivity contribution is 0.392. The largest absolute Gasteiger partial charge is 0.378 e. The predicted molar refractivity (Wildman–Crippen MR) is 76.9 cm³/mol. The van der Waals surface area contributed by atoms with Gasteiger partial charge in [-0.25, -0.2) is 0 Å². The Morgan fingerprint density at radius 2 is 2.11 bits per heavy atom. The van der Waals surface area contributed by atoms with E-state index in [1.165, 1.54) is 0 Å². The molecule has 1 heterocycles. The van der Waals surface area contributed by atoms with Crippen LogP contribution in [0.2, 0.25) is 0 Å². The Morgan fingerprint density at radius 3 is 2.68 bits per heavy atom. The molecule has 0 spiro atoms. The zero-order valence-corrected chi connectivity index (χ0v) is 12.6. The first kappa shape index (κ1) is 13.6. The molecule has 98 valence electrons. The molecule has 0 aliphatic carbocycles. The maximum absolute atomic E-state index is 8.97. The van der Waals surface area contributed by atoms with Crippen LogP contribution in [0.4, 0.5) is 5.69 Å². The summed E-state index contributed by atoms with van der Waals surface area (Å²) in [7, 11) is 0. The van der Waals surface area contributed by atoms with Gasteiger partial charge in [0.15, 0.2) is 0 Å². The summed E-state index contributed by atoms with van der Waals surface area (Å²) in [5.74, 6) is 0.813. The molecular formula is C14H14BrN3O. The van der Waals surface area contributed by atoms with Crippen molar-refractivity contribution in [1.82, 2.24) is 5.16 Å². The van der Waals surface area contributed by atoms with Crippen LogP contribution in [0.1, 0.15) is 35.5 Å². The first-order valence-electron chi connectivity index (χ1n) is 5.91. The van der Waals surface area contributed by atoms with Gasteiger partial charge in [-0.05, 0) is 39.0 Å². The summed E-state index contributed by atoms with van der Waals surface area (Å²) in [6.07, 6.45) is 0. The Bertz CT molecular complexity index is 623. The van der Waals surface area contributed by atoms with Crippen LogP contribution in [0.15, 0.2) is 27.2 Å². The van der Waals surface area contributed by atoms with Gasteiger partial charge < -0.3 is 9.84 Å². The molecule has 1 atom stereocenters. The molecule has 0 amide bonds. The normalized spacial score (nSPS) is 11.9. The molecule has 0 aliphatic rings. The highest BCUT2D eigenvalue weighted by Crippen LogP contribution is 2.27. The zero-order valence-electron chi connectivity index (χ0n) is 11.0. The van der Waals surface area contributed by atoms with Crippen LogP contribution in [0.25, 0.3) is 0 Å². The number of nitrogens with one attached hydrogen (secondary N) is 1. The van der Waals surface area contributed by atoms with Gasteiger partial charge >= 0.3 is 0 Å². The maximum atomic E-state index is 8.97.